The summed E-state index contributed by atoms with van der Waals surface area (Å²) in [5, 5.41) is 3.44. The number of piperidine rings is 4. The summed E-state index contributed by atoms with van der Waals surface area (Å²) in [5.41, 5.74) is 1.21. The van der Waals surface area contributed by atoms with Gasteiger partial charge in [0, 0.05) is 31.6 Å². The Hall–Kier alpha value is -2.08. The number of nitrogens with one attached hydrogen (secondary N) is 1. The van der Waals surface area contributed by atoms with Crippen LogP contribution in [0, 0.1) is 11.8 Å². The lowest BCUT2D eigenvalue weighted by molar-refractivity contribution is -0.156. The molecule has 4 fully saturated rings. The van der Waals surface area contributed by atoms with E-state index in [2.05, 4.69) is 27.2 Å². The monoisotopic (exact) mass is 425 g/mol. The Labute approximate surface area is 185 Å². The Morgan fingerprint density at radius 3 is 2.84 bits per heavy atom. The molecule has 1 N–H and O–H groups in total. The van der Waals surface area contributed by atoms with Gasteiger partial charge in [0.2, 0.25) is 11.8 Å². The van der Waals surface area contributed by atoms with Crippen LogP contribution in [0.1, 0.15) is 50.5 Å². The molecule has 4 saturated heterocycles. The number of hydrogen-bond acceptors (Lipinski definition) is 4. The van der Waals surface area contributed by atoms with Gasteiger partial charge >= 0.3 is 0 Å². The van der Waals surface area contributed by atoms with Gasteiger partial charge in [-0.25, -0.2) is 0 Å². The molecule has 2 bridgehead atoms. The lowest BCUT2D eigenvalue weighted by Gasteiger charge is -2.57. The molecule has 31 heavy (non-hydrogen) atoms. The third kappa shape index (κ3) is 4.07. The highest BCUT2D eigenvalue weighted by atomic mass is 16.5. The number of hydrogen-bond donors (Lipinski definition) is 1. The summed E-state index contributed by atoms with van der Waals surface area (Å²) in [7, 11) is 1.69. The normalized spacial score (nSPS) is 33.1. The van der Waals surface area contributed by atoms with E-state index in [0.29, 0.717) is 24.2 Å². The fourth-order valence-corrected chi connectivity index (χ4v) is 6.54. The van der Waals surface area contributed by atoms with Crippen LogP contribution in [0.5, 0.6) is 5.75 Å². The molecule has 0 spiro atoms. The summed E-state index contributed by atoms with van der Waals surface area (Å²) in [6.45, 7) is 2.53. The lowest BCUT2D eigenvalue weighted by atomic mass is 9.70. The van der Waals surface area contributed by atoms with Crippen molar-refractivity contribution in [2.45, 2.75) is 69.5 Å². The van der Waals surface area contributed by atoms with Gasteiger partial charge in [0.05, 0.1) is 13.2 Å². The van der Waals surface area contributed by atoms with Crippen molar-refractivity contribution in [3.8, 4) is 5.75 Å². The molecular formula is C25H35N3O3. The number of methoxy groups -OCH3 is 1. The largest absolute Gasteiger partial charge is 0.497 e. The van der Waals surface area contributed by atoms with E-state index < -0.39 is 0 Å². The van der Waals surface area contributed by atoms with Gasteiger partial charge in [-0.05, 0) is 74.6 Å². The number of benzene rings is 1. The highest BCUT2D eigenvalue weighted by Crippen LogP contribution is 2.43. The molecule has 4 aliphatic heterocycles. The van der Waals surface area contributed by atoms with Crippen LogP contribution < -0.4 is 10.1 Å². The smallest absolute Gasteiger partial charge is 0.239 e. The lowest BCUT2D eigenvalue weighted by Crippen LogP contribution is -2.67. The highest BCUT2D eigenvalue weighted by molar-refractivity contribution is 5.82. The number of likely N-dealkylation sites (tertiary alicyclic amines) is 1. The van der Waals surface area contributed by atoms with Crippen molar-refractivity contribution in [1.29, 1.82) is 0 Å². The molecule has 6 heteroatoms. The van der Waals surface area contributed by atoms with Gasteiger partial charge in [-0.1, -0.05) is 18.6 Å². The molecule has 0 aromatic heterocycles. The van der Waals surface area contributed by atoms with Crippen LogP contribution in [0.3, 0.4) is 0 Å². The highest BCUT2D eigenvalue weighted by Gasteiger charge is 2.50. The van der Waals surface area contributed by atoms with E-state index in [1.165, 1.54) is 5.56 Å². The molecule has 0 unspecified atom stereocenters. The summed E-state index contributed by atoms with van der Waals surface area (Å²) >= 11 is 0. The Bertz CT molecular complexity index is 822. The first-order valence-corrected chi connectivity index (χ1v) is 12.1. The quantitative estimate of drug-likeness (QED) is 0.806. The summed E-state index contributed by atoms with van der Waals surface area (Å²) < 4.78 is 5.43. The second-order valence-electron chi connectivity index (χ2n) is 9.89. The SMILES string of the molecule is COc1cccc(C[C@H]2[C@H]3C[C@H](CN(C(=O)[C@@H]4CCCCN4)C3)[C@@H]3CCCC(=O)N32)c1. The first-order valence-electron chi connectivity index (χ1n) is 12.1. The topological polar surface area (TPSA) is 61.9 Å². The van der Waals surface area contributed by atoms with E-state index in [4.69, 9.17) is 4.74 Å². The van der Waals surface area contributed by atoms with Crippen LogP contribution >= 0.6 is 0 Å². The number of rotatable bonds is 4. The van der Waals surface area contributed by atoms with E-state index in [1.807, 2.05) is 12.1 Å². The molecule has 4 aliphatic rings. The Morgan fingerprint density at radius 1 is 1.16 bits per heavy atom. The number of nitrogens with zero attached hydrogens (tertiary/aromatic N) is 2. The van der Waals surface area contributed by atoms with E-state index >= 15 is 0 Å². The molecule has 2 amide bonds. The van der Waals surface area contributed by atoms with Crippen molar-refractivity contribution in [1.82, 2.24) is 15.1 Å². The molecule has 0 aliphatic carbocycles. The number of amides is 2. The van der Waals surface area contributed by atoms with Crippen molar-refractivity contribution in [3.05, 3.63) is 29.8 Å². The fraction of sp³-hybridized carbons (Fsp3) is 0.680. The summed E-state index contributed by atoms with van der Waals surface area (Å²) in [4.78, 5) is 30.8. The fourth-order valence-electron chi connectivity index (χ4n) is 6.54. The molecule has 0 saturated carbocycles. The summed E-state index contributed by atoms with van der Waals surface area (Å²) in [6, 6.07) is 8.64. The zero-order chi connectivity index (χ0) is 21.4. The van der Waals surface area contributed by atoms with Gasteiger partial charge in [-0.2, -0.15) is 0 Å². The zero-order valence-electron chi connectivity index (χ0n) is 18.6. The summed E-state index contributed by atoms with van der Waals surface area (Å²) in [6.07, 6.45) is 7.92. The molecule has 168 valence electrons. The summed E-state index contributed by atoms with van der Waals surface area (Å²) in [5.74, 6) is 2.21. The van der Waals surface area contributed by atoms with Gasteiger partial charge in [-0.15, -0.1) is 0 Å². The maximum atomic E-state index is 13.3. The van der Waals surface area contributed by atoms with Crippen LogP contribution in [-0.4, -0.2) is 66.5 Å². The molecule has 6 nitrogen and oxygen atoms in total. The van der Waals surface area contributed by atoms with Crippen molar-refractivity contribution in [2.24, 2.45) is 11.8 Å². The van der Waals surface area contributed by atoms with E-state index in [1.54, 1.807) is 7.11 Å². The molecule has 5 rings (SSSR count). The molecule has 1 aromatic rings. The molecular weight excluding hydrogens is 390 g/mol. The minimum Gasteiger partial charge on any atom is -0.497 e. The van der Waals surface area contributed by atoms with Crippen molar-refractivity contribution in [3.63, 3.8) is 0 Å². The Kier molecular flexibility index (Phi) is 5.91. The predicted molar refractivity (Wildman–Crippen MR) is 119 cm³/mol. The van der Waals surface area contributed by atoms with Crippen molar-refractivity contribution in [2.75, 3.05) is 26.7 Å². The van der Waals surface area contributed by atoms with E-state index in [9.17, 15) is 9.59 Å². The standard InChI is InChI=1S/C25H35N3O3/c1-31-20-7-4-6-17(12-20)13-23-19-14-18(22-9-5-10-24(29)28(22)23)15-27(16-19)25(30)21-8-2-3-11-26-21/h4,6-7,12,18-19,21-23,26H,2-3,5,8-11,13-16H2,1H3/t18-,19+,21+,22+,23+/m1/s1. The minimum absolute atomic E-state index is 0.0199. The van der Waals surface area contributed by atoms with Gasteiger partial charge < -0.3 is 19.9 Å². The molecule has 5 atom stereocenters. The van der Waals surface area contributed by atoms with Crippen LogP contribution in [0.4, 0.5) is 0 Å². The average Bonchev–Trinajstić information content (AvgIpc) is 2.82. The molecule has 4 heterocycles. The Balaban J connectivity index is 1.40. The predicted octanol–water partition coefficient (Wildman–Crippen LogP) is 2.61. The van der Waals surface area contributed by atoms with Crippen LogP contribution in [0.15, 0.2) is 24.3 Å². The number of ether oxygens (including phenoxy) is 1. The number of carbonyl (C=O) groups excluding carboxylic acids is 2. The maximum Gasteiger partial charge on any atom is 0.239 e. The van der Waals surface area contributed by atoms with Crippen LogP contribution in [0.2, 0.25) is 0 Å². The second-order valence-corrected chi connectivity index (χ2v) is 9.89. The Morgan fingerprint density at radius 2 is 2.03 bits per heavy atom. The van der Waals surface area contributed by atoms with Crippen LogP contribution in [-0.2, 0) is 16.0 Å². The van der Waals surface area contributed by atoms with Crippen molar-refractivity contribution < 1.29 is 14.3 Å². The average molecular weight is 426 g/mol. The first kappa shape index (κ1) is 20.8. The third-order valence-electron chi connectivity index (χ3n) is 8.00. The molecule has 0 radical (unpaired) electrons. The van der Waals surface area contributed by atoms with E-state index in [-0.39, 0.29) is 24.0 Å². The minimum atomic E-state index is -0.0199. The molecule has 1 aromatic carbocycles. The first-order chi connectivity index (χ1) is 15.1. The van der Waals surface area contributed by atoms with Crippen LogP contribution in [0.25, 0.3) is 0 Å². The van der Waals surface area contributed by atoms with Gasteiger partial charge in [0.25, 0.3) is 0 Å². The maximum absolute atomic E-state index is 13.3. The van der Waals surface area contributed by atoms with E-state index in [0.717, 1.165) is 70.3 Å². The zero-order valence-corrected chi connectivity index (χ0v) is 18.6. The van der Waals surface area contributed by atoms with Gasteiger partial charge in [-0.3, -0.25) is 9.59 Å². The third-order valence-corrected chi connectivity index (χ3v) is 8.00. The van der Waals surface area contributed by atoms with Gasteiger partial charge in [0.15, 0.2) is 0 Å². The number of carbonyl (C=O) groups is 2. The van der Waals surface area contributed by atoms with Gasteiger partial charge in [0.1, 0.15) is 5.75 Å². The van der Waals surface area contributed by atoms with Crippen molar-refractivity contribution >= 4 is 11.8 Å². The number of fused-ring (bicyclic) bond motifs is 4. The second kappa shape index (κ2) is 8.81.